The molecule has 0 aliphatic rings. The van der Waals surface area contributed by atoms with Crippen LogP contribution in [0.1, 0.15) is 26.7 Å². The predicted octanol–water partition coefficient (Wildman–Crippen LogP) is 2.39. The Labute approximate surface area is 111 Å². The molecule has 0 fully saturated rings. The van der Waals surface area contributed by atoms with Gasteiger partial charge in [-0.15, -0.1) is 0 Å². The van der Waals surface area contributed by atoms with E-state index >= 15 is 0 Å². The second-order valence-electron chi connectivity index (χ2n) is 4.39. The van der Waals surface area contributed by atoms with E-state index < -0.39 is 24.6 Å². The molecule has 0 saturated heterocycles. The largest absolute Gasteiger partial charge is 0.481 e. The van der Waals surface area contributed by atoms with E-state index in [1.165, 1.54) is 7.11 Å². The summed E-state index contributed by atoms with van der Waals surface area (Å²) in [5, 5.41) is 8.73. The number of nitrogens with zero attached hydrogens (tertiary/aromatic N) is 1. The van der Waals surface area contributed by atoms with Gasteiger partial charge in [0.1, 0.15) is 0 Å². The summed E-state index contributed by atoms with van der Waals surface area (Å²) in [6, 6.07) is -0.0700. The lowest BCUT2D eigenvalue weighted by Gasteiger charge is -2.32. The number of alkyl halides is 3. The Hall–Kier alpha value is -0.820. The van der Waals surface area contributed by atoms with E-state index in [-0.39, 0.29) is 12.6 Å². The molecule has 1 atom stereocenters. The Morgan fingerprint density at radius 2 is 1.84 bits per heavy atom. The number of carboxylic acid groups (broad SMARTS) is 1. The van der Waals surface area contributed by atoms with Crippen LogP contribution >= 0.6 is 0 Å². The van der Waals surface area contributed by atoms with Crippen molar-refractivity contribution in [3.05, 3.63) is 0 Å². The van der Waals surface area contributed by atoms with Gasteiger partial charge in [0.25, 0.3) is 0 Å². The van der Waals surface area contributed by atoms with Crippen LogP contribution in [0.2, 0.25) is 0 Å². The van der Waals surface area contributed by atoms with Crippen LogP contribution in [0.5, 0.6) is 0 Å². The van der Waals surface area contributed by atoms with Gasteiger partial charge in [0.05, 0.1) is 6.61 Å². The molecule has 0 aromatic rings. The van der Waals surface area contributed by atoms with Gasteiger partial charge in [-0.2, -0.15) is 13.2 Å². The minimum atomic E-state index is -4.73. The molecule has 0 aromatic heterocycles. The van der Waals surface area contributed by atoms with Crippen LogP contribution in [0.3, 0.4) is 0 Å². The van der Waals surface area contributed by atoms with Crippen molar-refractivity contribution in [1.29, 1.82) is 0 Å². The van der Waals surface area contributed by atoms with E-state index in [1.54, 1.807) is 4.90 Å². The van der Waals surface area contributed by atoms with Gasteiger partial charge in [-0.3, -0.25) is 9.69 Å². The molecule has 0 saturated carbocycles. The van der Waals surface area contributed by atoms with Crippen molar-refractivity contribution in [2.75, 3.05) is 26.8 Å². The highest BCUT2D eigenvalue weighted by atomic mass is 19.4. The molecular weight excluding hydrogens is 263 g/mol. The van der Waals surface area contributed by atoms with Crippen molar-refractivity contribution in [3.63, 3.8) is 0 Å². The zero-order chi connectivity index (χ0) is 15.1. The molecule has 114 valence electrons. The fourth-order valence-corrected chi connectivity index (χ4v) is 1.99. The predicted molar refractivity (Wildman–Crippen MR) is 65.0 cm³/mol. The van der Waals surface area contributed by atoms with Gasteiger partial charge in [-0.05, 0) is 12.8 Å². The van der Waals surface area contributed by atoms with Crippen LogP contribution in [-0.2, 0) is 9.53 Å². The molecule has 0 aliphatic heterocycles. The molecule has 19 heavy (non-hydrogen) atoms. The summed E-state index contributed by atoms with van der Waals surface area (Å²) in [7, 11) is 1.46. The SMILES string of the molecule is CCC(CC)N(CCOC)CC(C(=O)O)C(F)(F)F. The van der Waals surface area contributed by atoms with E-state index in [2.05, 4.69) is 0 Å². The quantitative estimate of drug-likeness (QED) is 0.706. The highest BCUT2D eigenvalue weighted by Gasteiger charge is 2.46. The molecule has 4 nitrogen and oxygen atoms in total. The molecule has 1 unspecified atom stereocenters. The zero-order valence-electron chi connectivity index (χ0n) is 11.5. The minimum absolute atomic E-state index is 0.0700. The highest BCUT2D eigenvalue weighted by molar-refractivity contribution is 5.71. The first-order chi connectivity index (χ1) is 8.77. The first-order valence-corrected chi connectivity index (χ1v) is 6.30. The number of hydrogen-bond donors (Lipinski definition) is 1. The third kappa shape index (κ3) is 6.24. The number of rotatable bonds is 9. The van der Waals surface area contributed by atoms with Crippen molar-refractivity contribution in [2.45, 2.75) is 38.9 Å². The van der Waals surface area contributed by atoms with E-state index in [0.717, 1.165) is 0 Å². The van der Waals surface area contributed by atoms with Gasteiger partial charge in [0, 0.05) is 26.2 Å². The van der Waals surface area contributed by atoms with Crippen LogP contribution in [0.25, 0.3) is 0 Å². The fraction of sp³-hybridized carbons (Fsp3) is 0.917. The number of halogens is 3. The second kappa shape index (κ2) is 8.37. The van der Waals surface area contributed by atoms with Crippen LogP contribution in [0.15, 0.2) is 0 Å². The second-order valence-corrected chi connectivity index (χ2v) is 4.39. The molecule has 0 heterocycles. The highest BCUT2D eigenvalue weighted by Crippen LogP contribution is 2.28. The van der Waals surface area contributed by atoms with Gasteiger partial charge in [0.15, 0.2) is 5.92 Å². The first kappa shape index (κ1) is 18.2. The van der Waals surface area contributed by atoms with Crippen molar-refractivity contribution in [2.24, 2.45) is 5.92 Å². The molecule has 7 heteroatoms. The third-order valence-corrected chi connectivity index (χ3v) is 3.15. The lowest BCUT2D eigenvalue weighted by Crippen LogP contribution is -2.46. The summed E-state index contributed by atoms with van der Waals surface area (Å²) in [5.41, 5.74) is 0. The van der Waals surface area contributed by atoms with E-state index in [9.17, 15) is 18.0 Å². The lowest BCUT2D eigenvalue weighted by atomic mass is 10.0. The molecular formula is C12H22F3NO3. The smallest absolute Gasteiger partial charge is 0.403 e. The monoisotopic (exact) mass is 285 g/mol. The number of carboxylic acids is 1. The number of hydrogen-bond acceptors (Lipinski definition) is 3. The van der Waals surface area contributed by atoms with E-state index in [0.29, 0.717) is 19.4 Å². The number of carbonyl (C=O) groups is 1. The summed E-state index contributed by atoms with van der Waals surface area (Å²) in [5.74, 6) is -4.19. The molecule has 0 aromatic carbocycles. The first-order valence-electron chi connectivity index (χ1n) is 6.30. The van der Waals surface area contributed by atoms with Crippen LogP contribution in [0.4, 0.5) is 13.2 Å². The fourth-order valence-electron chi connectivity index (χ4n) is 1.99. The molecule has 0 rings (SSSR count). The summed E-state index contributed by atoms with van der Waals surface area (Å²) in [6.07, 6.45) is -3.39. The Morgan fingerprint density at radius 3 is 2.16 bits per heavy atom. The number of aliphatic carboxylic acids is 1. The average Bonchev–Trinajstić information content (AvgIpc) is 2.30. The van der Waals surface area contributed by atoms with E-state index in [4.69, 9.17) is 9.84 Å². The maximum atomic E-state index is 12.7. The van der Waals surface area contributed by atoms with Crippen molar-refractivity contribution >= 4 is 5.97 Å². The summed E-state index contributed by atoms with van der Waals surface area (Å²) >= 11 is 0. The molecule has 0 amide bonds. The summed E-state index contributed by atoms with van der Waals surface area (Å²) < 4.78 is 42.9. The van der Waals surface area contributed by atoms with Crippen molar-refractivity contribution in [3.8, 4) is 0 Å². The van der Waals surface area contributed by atoms with Gasteiger partial charge in [-0.1, -0.05) is 13.8 Å². The third-order valence-electron chi connectivity index (χ3n) is 3.15. The maximum Gasteiger partial charge on any atom is 0.403 e. The number of ether oxygens (including phenoxy) is 1. The summed E-state index contributed by atoms with van der Waals surface area (Å²) in [4.78, 5) is 12.3. The van der Waals surface area contributed by atoms with Crippen LogP contribution < -0.4 is 0 Å². The Kier molecular flexibility index (Phi) is 8.01. The topological polar surface area (TPSA) is 49.8 Å². The van der Waals surface area contributed by atoms with E-state index in [1.807, 2.05) is 13.8 Å². The maximum absolute atomic E-state index is 12.7. The molecule has 0 radical (unpaired) electrons. The molecule has 0 bridgehead atoms. The molecule has 0 aliphatic carbocycles. The molecule has 1 N–H and O–H groups in total. The van der Waals surface area contributed by atoms with Crippen LogP contribution in [0, 0.1) is 5.92 Å². The number of methoxy groups -OCH3 is 1. The average molecular weight is 285 g/mol. The lowest BCUT2D eigenvalue weighted by molar-refractivity contribution is -0.197. The Balaban J connectivity index is 4.89. The molecule has 0 spiro atoms. The van der Waals surface area contributed by atoms with Gasteiger partial charge < -0.3 is 9.84 Å². The van der Waals surface area contributed by atoms with Crippen molar-refractivity contribution in [1.82, 2.24) is 4.90 Å². The summed E-state index contributed by atoms with van der Waals surface area (Å²) in [6.45, 7) is 3.78. The standard InChI is InChI=1S/C12H22F3NO3/c1-4-9(5-2)16(6-7-19-3)8-10(11(17)18)12(13,14)15/h9-10H,4-8H2,1-3H3,(H,17,18). The zero-order valence-corrected chi connectivity index (χ0v) is 11.5. The normalized spacial score (nSPS) is 14.1. The van der Waals surface area contributed by atoms with Gasteiger partial charge in [0.2, 0.25) is 0 Å². The van der Waals surface area contributed by atoms with Crippen molar-refractivity contribution < 1.29 is 27.8 Å². The Morgan fingerprint density at radius 1 is 1.32 bits per heavy atom. The minimum Gasteiger partial charge on any atom is -0.481 e. The van der Waals surface area contributed by atoms with Gasteiger partial charge in [-0.25, -0.2) is 0 Å². The Bertz CT molecular complexity index is 267. The van der Waals surface area contributed by atoms with Crippen LogP contribution in [-0.4, -0.2) is 55.0 Å². The van der Waals surface area contributed by atoms with Gasteiger partial charge >= 0.3 is 12.1 Å².